The first-order valence-electron chi connectivity index (χ1n) is 10.0. The van der Waals surface area contributed by atoms with Crippen molar-refractivity contribution in [3.8, 4) is 5.69 Å². The summed E-state index contributed by atoms with van der Waals surface area (Å²) in [4.78, 5) is 39.2. The Morgan fingerprint density at radius 2 is 1.56 bits per heavy atom. The predicted molar refractivity (Wildman–Crippen MR) is 124 cm³/mol. The number of hydrogen-bond donors (Lipinski definition) is 3. The van der Waals surface area contributed by atoms with E-state index >= 15 is 0 Å². The summed E-state index contributed by atoms with van der Waals surface area (Å²) in [6.07, 6.45) is 2.95. The van der Waals surface area contributed by atoms with Gasteiger partial charge in [0.15, 0.2) is 0 Å². The second-order valence-electron chi connectivity index (χ2n) is 7.18. The first-order valence-corrected chi connectivity index (χ1v) is 11.4. The van der Waals surface area contributed by atoms with E-state index in [1.165, 1.54) is 44.6 Å². The van der Waals surface area contributed by atoms with Crippen molar-refractivity contribution >= 4 is 39.1 Å². The molecule has 178 valence electrons. The van der Waals surface area contributed by atoms with E-state index in [1.807, 2.05) is 0 Å². The van der Waals surface area contributed by atoms with Gasteiger partial charge in [0.1, 0.15) is 12.7 Å². The van der Waals surface area contributed by atoms with E-state index in [-0.39, 0.29) is 17.3 Å². The fourth-order valence-electron chi connectivity index (χ4n) is 2.86. The minimum Gasteiger partial charge on any atom is -0.346 e. The van der Waals surface area contributed by atoms with Gasteiger partial charge < -0.3 is 16.0 Å². The third kappa shape index (κ3) is 6.46. The minimum atomic E-state index is -3.94. The summed E-state index contributed by atoms with van der Waals surface area (Å²) >= 11 is 0. The van der Waals surface area contributed by atoms with Crippen LogP contribution in [0.1, 0.15) is 6.92 Å². The molecule has 34 heavy (non-hydrogen) atoms. The van der Waals surface area contributed by atoms with Gasteiger partial charge in [0.25, 0.3) is 0 Å². The zero-order valence-electron chi connectivity index (χ0n) is 18.4. The maximum absolute atomic E-state index is 12.7. The number of aromatic nitrogens is 3. The average Bonchev–Trinajstić information content (AvgIpc) is 3.33. The van der Waals surface area contributed by atoms with Gasteiger partial charge in [-0.3, -0.25) is 14.4 Å². The molecule has 3 rings (SSSR count). The van der Waals surface area contributed by atoms with Gasteiger partial charge in [0.05, 0.1) is 23.7 Å². The van der Waals surface area contributed by atoms with E-state index in [0.717, 1.165) is 9.99 Å². The lowest BCUT2D eigenvalue weighted by Crippen LogP contribution is -2.41. The lowest BCUT2D eigenvalue weighted by molar-refractivity contribution is -0.124. The molecule has 2 aromatic carbocycles. The zero-order chi connectivity index (χ0) is 24.7. The number of carbonyl (C=O) groups is 3. The van der Waals surface area contributed by atoms with E-state index in [2.05, 4.69) is 26.0 Å². The monoisotopic (exact) mass is 485 g/mol. The Bertz CT molecular complexity index is 1260. The van der Waals surface area contributed by atoms with Crippen LogP contribution in [0, 0.1) is 0 Å². The third-order valence-electron chi connectivity index (χ3n) is 4.53. The second kappa shape index (κ2) is 10.7. The van der Waals surface area contributed by atoms with Crippen LogP contribution in [0.3, 0.4) is 0 Å². The molecule has 1 heterocycles. The molecule has 13 heteroatoms. The molecule has 0 aliphatic rings. The summed E-state index contributed by atoms with van der Waals surface area (Å²) in [6, 6.07) is 12.4. The predicted octanol–water partition coefficient (Wildman–Crippen LogP) is 0.601. The highest BCUT2D eigenvalue weighted by Gasteiger charge is 2.23. The number of rotatable bonds is 9. The van der Waals surface area contributed by atoms with Gasteiger partial charge in [0, 0.05) is 25.3 Å². The second-order valence-corrected chi connectivity index (χ2v) is 9.22. The van der Waals surface area contributed by atoms with Crippen molar-refractivity contribution in [3.05, 3.63) is 61.2 Å². The van der Waals surface area contributed by atoms with Gasteiger partial charge in [-0.1, -0.05) is 0 Å². The summed E-state index contributed by atoms with van der Waals surface area (Å²) in [5, 5.41) is 11.6. The molecule has 0 bridgehead atoms. The summed E-state index contributed by atoms with van der Waals surface area (Å²) < 4.78 is 27.8. The molecule has 0 unspecified atom stereocenters. The maximum atomic E-state index is 12.7. The molecule has 0 saturated carbocycles. The van der Waals surface area contributed by atoms with Gasteiger partial charge in [0.2, 0.25) is 27.7 Å². The molecule has 0 saturated heterocycles. The molecule has 0 atom stereocenters. The number of hydrogen-bond acceptors (Lipinski definition) is 7. The van der Waals surface area contributed by atoms with Gasteiger partial charge in [-0.15, -0.1) is 0 Å². The fourth-order valence-corrected chi connectivity index (χ4v) is 3.99. The van der Waals surface area contributed by atoms with Crippen molar-refractivity contribution in [1.29, 1.82) is 0 Å². The normalized spacial score (nSPS) is 11.1. The van der Waals surface area contributed by atoms with Crippen LogP contribution in [0.5, 0.6) is 0 Å². The smallest absolute Gasteiger partial charge is 0.243 e. The number of carbonyl (C=O) groups excluding carboxylic acids is 3. The zero-order valence-corrected chi connectivity index (χ0v) is 19.2. The number of nitrogens with zero attached hydrogens (tertiary/aromatic N) is 4. The molecule has 0 fully saturated rings. The molecule has 0 aliphatic carbocycles. The number of benzene rings is 2. The lowest BCUT2D eigenvalue weighted by Gasteiger charge is -2.17. The Morgan fingerprint density at radius 3 is 2.15 bits per heavy atom. The summed E-state index contributed by atoms with van der Waals surface area (Å²) in [5.74, 6) is -1.39. The van der Waals surface area contributed by atoms with Crippen LogP contribution < -0.4 is 16.0 Å². The fraction of sp³-hybridized carbons (Fsp3) is 0.190. The molecular formula is C21H23N7O5S. The highest BCUT2D eigenvalue weighted by Crippen LogP contribution is 2.17. The Hall–Kier alpha value is -4.10. The maximum Gasteiger partial charge on any atom is 0.243 e. The number of nitrogens with one attached hydrogen (secondary N) is 3. The van der Waals surface area contributed by atoms with Crippen molar-refractivity contribution in [1.82, 2.24) is 24.4 Å². The molecule has 12 nitrogen and oxygen atoms in total. The van der Waals surface area contributed by atoms with Gasteiger partial charge in [-0.2, -0.15) is 9.40 Å². The SMILES string of the molecule is CC(=O)Nc1ccc(S(=O)(=O)N(C)CC(=O)NCC(=O)Nc2ccc(-n3cncn3)cc2)cc1. The first-order chi connectivity index (χ1) is 16.1. The summed E-state index contributed by atoms with van der Waals surface area (Å²) in [6.45, 7) is 0.534. The van der Waals surface area contributed by atoms with Crippen LogP contribution in [-0.4, -0.2) is 65.3 Å². The summed E-state index contributed by atoms with van der Waals surface area (Å²) in [7, 11) is -2.68. The van der Waals surface area contributed by atoms with Gasteiger partial charge >= 0.3 is 0 Å². The van der Waals surface area contributed by atoms with Gasteiger partial charge in [-0.05, 0) is 48.5 Å². The lowest BCUT2D eigenvalue weighted by atomic mass is 10.3. The molecule has 3 N–H and O–H groups in total. The largest absolute Gasteiger partial charge is 0.346 e. The van der Waals surface area contributed by atoms with Crippen LogP contribution in [0.4, 0.5) is 11.4 Å². The van der Waals surface area contributed by atoms with E-state index < -0.39 is 28.4 Å². The number of sulfonamides is 1. The Labute approximate surface area is 196 Å². The Morgan fingerprint density at radius 1 is 0.941 bits per heavy atom. The number of anilines is 2. The van der Waals surface area contributed by atoms with Crippen LogP contribution in [0.15, 0.2) is 66.1 Å². The standard InChI is InChI=1S/C21H23N7O5S/c1-15(29)25-16-5-9-19(10-6-16)34(32,33)27(2)12-21(31)23-11-20(30)26-17-3-7-18(8-4-17)28-14-22-13-24-28/h3-10,13-14H,11-12H2,1-2H3,(H,23,31)(H,25,29)(H,26,30). The molecular weight excluding hydrogens is 462 g/mol. The van der Waals surface area contributed by atoms with E-state index in [9.17, 15) is 22.8 Å². The van der Waals surface area contributed by atoms with Crippen molar-refractivity contribution in [2.75, 3.05) is 30.8 Å². The number of likely N-dealkylation sites (N-methyl/N-ethyl adjacent to an activating group) is 1. The van der Waals surface area contributed by atoms with Crippen LogP contribution in [0.25, 0.3) is 5.69 Å². The van der Waals surface area contributed by atoms with Crippen molar-refractivity contribution in [3.63, 3.8) is 0 Å². The van der Waals surface area contributed by atoms with Crippen LogP contribution in [-0.2, 0) is 24.4 Å². The Kier molecular flexibility index (Phi) is 7.71. The minimum absolute atomic E-state index is 0.0380. The molecule has 0 spiro atoms. The highest BCUT2D eigenvalue weighted by atomic mass is 32.2. The molecule has 1 aromatic heterocycles. The quantitative estimate of drug-likeness (QED) is 0.401. The highest BCUT2D eigenvalue weighted by molar-refractivity contribution is 7.89. The van der Waals surface area contributed by atoms with Crippen molar-refractivity contribution < 1.29 is 22.8 Å². The molecule has 0 radical (unpaired) electrons. The van der Waals surface area contributed by atoms with Crippen molar-refractivity contribution in [2.45, 2.75) is 11.8 Å². The van der Waals surface area contributed by atoms with E-state index in [4.69, 9.17) is 0 Å². The molecule has 3 amide bonds. The van der Waals surface area contributed by atoms with Crippen molar-refractivity contribution in [2.24, 2.45) is 0 Å². The molecule has 3 aromatic rings. The van der Waals surface area contributed by atoms with E-state index in [1.54, 1.807) is 35.3 Å². The van der Waals surface area contributed by atoms with Crippen LogP contribution in [0.2, 0.25) is 0 Å². The average molecular weight is 486 g/mol. The van der Waals surface area contributed by atoms with Gasteiger partial charge in [-0.25, -0.2) is 18.1 Å². The topological polar surface area (TPSA) is 155 Å². The van der Waals surface area contributed by atoms with Crippen LogP contribution >= 0.6 is 0 Å². The Balaban J connectivity index is 1.48. The van der Waals surface area contributed by atoms with E-state index in [0.29, 0.717) is 11.4 Å². The third-order valence-corrected chi connectivity index (χ3v) is 6.35. The first kappa shape index (κ1) is 24.5. The molecule has 0 aliphatic heterocycles. The summed E-state index contributed by atoms with van der Waals surface area (Å²) in [5.41, 5.74) is 1.73. The number of amides is 3.